The molecule has 1 rings (SSSR count). The van der Waals surface area contributed by atoms with E-state index in [1.165, 1.54) is 12.8 Å². The van der Waals surface area contributed by atoms with Crippen LogP contribution in [0.25, 0.3) is 0 Å². The van der Waals surface area contributed by atoms with Gasteiger partial charge in [0, 0.05) is 0 Å². The monoisotopic (exact) mass is 227 g/mol. The minimum Gasteiger partial charge on any atom is -0.396 e. The predicted octanol–water partition coefficient (Wildman–Crippen LogP) is 0.567. The van der Waals surface area contributed by atoms with Gasteiger partial charge in [-0.1, -0.05) is 20.3 Å². The first-order valence-electron chi connectivity index (χ1n) is 5.90. The number of aliphatic hydroxyl groups excluding tert-OH is 2. The molecule has 0 saturated heterocycles. The number of aliphatic hydroxyl groups is 2. The molecule has 2 N–H and O–H groups in total. The van der Waals surface area contributed by atoms with Crippen LogP contribution in [0.15, 0.2) is 18.7 Å². The van der Waals surface area contributed by atoms with Gasteiger partial charge in [-0.15, -0.1) is 0 Å². The molecule has 0 bridgehead atoms. The van der Waals surface area contributed by atoms with Crippen molar-refractivity contribution in [2.45, 2.75) is 39.8 Å². The summed E-state index contributed by atoms with van der Waals surface area (Å²) < 4.78 is 4.15. The Labute approximate surface area is 97.2 Å². The average molecular weight is 227 g/mol. The standard InChI is InChI=1S/C12H23N2O2/c1-3-4-5-13-6-7-14(11-13)8-12(2,9-15)10-16/h6-7,11,15-16H,3-5,8-10H2,1-2H3/q+1. The molecule has 1 heterocycles. The number of hydrogen-bond donors (Lipinski definition) is 2. The highest BCUT2D eigenvalue weighted by atomic mass is 16.3. The van der Waals surface area contributed by atoms with Crippen molar-refractivity contribution >= 4 is 0 Å². The molecule has 1 aromatic heterocycles. The molecule has 4 heteroatoms. The highest BCUT2D eigenvalue weighted by molar-refractivity contribution is 4.70. The van der Waals surface area contributed by atoms with Gasteiger partial charge in [0.2, 0.25) is 6.33 Å². The molecule has 0 amide bonds. The molecule has 92 valence electrons. The average Bonchev–Trinajstić information content (AvgIpc) is 2.73. The van der Waals surface area contributed by atoms with Crippen molar-refractivity contribution in [1.82, 2.24) is 4.57 Å². The van der Waals surface area contributed by atoms with Gasteiger partial charge in [0.25, 0.3) is 0 Å². The molecule has 0 saturated carbocycles. The Hall–Kier alpha value is -0.870. The lowest BCUT2D eigenvalue weighted by Gasteiger charge is -2.21. The lowest BCUT2D eigenvalue weighted by molar-refractivity contribution is -0.709. The van der Waals surface area contributed by atoms with E-state index in [0.717, 1.165) is 6.54 Å². The number of rotatable bonds is 7. The van der Waals surface area contributed by atoms with Crippen molar-refractivity contribution in [2.75, 3.05) is 13.2 Å². The van der Waals surface area contributed by atoms with Gasteiger partial charge in [-0.25, -0.2) is 9.13 Å². The maximum absolute atomic E-state index is 9.21. The molecule has 0 radical (unpaired) electrons. The Kier molecular flexibility index (Phi) is 4.96. The number of nitrogens with zero attached hydrogens (tertiary/aromatic N) is 2. The van der Waals surface area contributed by atoms with Crippen LogP contribution in [0.5, 0.6) is 0 Å². The van der Waals surface area contributed by atoms with Crippen molar-refractivity contribution in [3.8, 4) is 0 Å². The molecular weight excluding hydrogens is 204 g/mol. The van der Waals surface area contributed by atoms with E-state index >= 15 is 0 Å². The molecule has 0 atom stereocenters. The second kappa shape index (κ2) is 6.01. The quantitative estimate of drug-likeness (QED) is 0.669. The Morgan fingerprint density at radius 2 is 2.00 bits per heavy atom. The number of unbranched alkanes of at least 4 members (excludes halogenated alkanes) is 1. The van der Waals surface area contributed by atoms with Gasteiger partial charge < -0.3 is 10.2 Å². The molecular formula is C12H23N2O2+. The Morgan fingerprint density at radius 3 is 2.56 bits per heavy atom. The third kappa shape index (κ3) is 3.61. The maximum Gasteiger partial charge on any atom is 0.243 e. The van der Waals surface area contributed by atoms with Crippen molar-refractivity contribution in [3.05, 3.63) is 18.7 Å². The van der Waals surface area contributed by atoms with Crippen LogP contribution in [0, 0.1) is 5.41 Å². The zero-order chi connectivity index (χ0) is 12.0. The first-order chi connectivity index (χ1) is 7.63. The van der Waals surface area contributed by atoms with Crippen molar-refractivity contribution < 1.29 is 14.8 Å². The van der Waals surface area contributed by atoms with Crippen LogP contribution in [0.3, 0.4) is 0 Å². The van der Waals surface area contributed by atoms with Crippen LogP contribution in [0.4, 0.5) is 0 Å². The summed E-state index contributed by atoms with van der Waals surface area (Å²) in [7, 11) is 0. The van der Waals surface area contributed by atoms with E-state index in [9.17, 15) is 10.2 Å². The second-order valence-corrected chi connectivity index (χ2v) is 4.80. The highest BCUT2D eigenvalue weighted by Crippen LogP contribution is 2.13. The summed E-state index contributed by atoms with van der Waals surface area (Å²) in [5, 5.41) is 18.4. The first-order valence-corrected chi connectivity index (χ1v) is 5.90. The zero-order valence-electron chi connectivity index (χ0n) is 10.3. The van der Waals surface area contributed by atoms with Crippen LogP contribution in [-0.2, 0) is 13.1 Å². The highest BCUT2D eigenvalue weighted by Gasteiger charge is 2.25. The topological polar surface area (TPSA) is 49.3 Å². The number of imidazole rings is 1. The number of aryl methyl sites for hydroxylation is 1. The smallest absolute Gasteiger partial charge is 0.243 e. The summed E-state index contributed by atoms with van der Waals surface area (Å²) in [4.78, 5) is 0. The van der Waals surface area contributed by atoms with Crippen molar-refractivity contribution in [3.63, 3.8) is 0 Å². The molecule has 16 heavy (non-hydrogen) atoms. The van der Waals surface area contributed by atoms with E-state index < -0.39 is 5.41 Å². The summed E-state index contributed by atoms with van der Waals surface area (Å²) in [5.74, 6) is 0. The molecule has 0 aromatic carbocycles. The van der Waals surface area contributed by atoms with E-state index in [4.69, 9.17) is 0 Å². The summed E-state index contributed by atoms with van der Waals surface area (Å²) in [5.41, 5.74) is -0.443. The molecule has 0 unspecified atom stereocenters. The van der Waals surface area contributed by atoms with Gasteiger partial charge in [-0.05, 0) is 6.42 Å². The summed E-state index contributed by atoms with van der Waals surface area (Å²) >= 11 is 0. The summed E-state index contributed by atoms with van der Waals surface area (Å²) in [6, 6.07) is 0. The molecule has 0 aliphatic rings. The molecule has 0 aliphatic carbocycles. The molecule has 0 spiro atoms. The van der Waals surface area contributed by atoms with Crippen molar-refractivity contribution in [1.29, 1.82) is 0 Å². The number of aromatic nitrogens is 2. The Bertz CT molecular complexity index is 306. The van der Waals surface area contributed by atoms with E-state index in [1.807, 2.05) is 30.2 Å². The van der Waals surface area contributed by atoms with Crippen LogP contribution in [0.2, 0.25) is 0 Å². The normalized spacial score (nSPS) is 12.0. The predicted molar refractivity (Wildman–Crippen MR) is 61.8 cm³/mol. The van der Waals surface area contributed by atoms with Crippen LogP contribution >= 0.6 is 0 Å². The third-order valence-electron chi connectivity index (χ3n) is 2.84. The van der Waals surface area contributed by atoms with Gasteiger partial charge in [-0.3, -0.25) is 0 Å². The zero-order valence-corrected chi connectivity index (χ0v) is 10.3. The van der Waals surface area contributed by atoms with Gasteiger partial charge in [0.1, 0.15) is 12.4 Å². The van der Waals surface area contributed by atoms with E-state index in [1.54, 1.807) is 0 Å². The summed E-state index contributed by atoms with van der Waals surface area (Å²) in [6.07, 6.45) is 8.40. The van der Waals surface area contributed by atoms with E-state index in [2.05, 4.69) is 11.5 Å². The van der Waals surface area contributed by atoms with Crippen LogP contribution < -0.4 is 4.57 Å². The van der Waals surface area contributed by atoms with Gasteiger partial charge in [0.15, 0.2) is 0 Å². The van der Waals surface area contributed by atoms with E-state index in [-0.39, 0.29) is 13.2 Å². The Morgan fingerprint density at radius 1 is 1.31 bits per heavy atom. The minimum absolute atomic E-state index is 0.00333. The van der Waals surface area contributed by atoms with Gasteiger partial charge in [0.05, 0.1) is 31.7 Å². The molecule has 0 aliphatic heterocycles. The lowest BCUT2D eigenvalue weighted by Crippen LogP contribution is -2.44. The largest absolute Gasteiger partial charge is 0.396 e. The second-order valence-electron chi connectivity index (χ2n) is 4.80. The number of hydrogen-bond acceptors (Lipinski definition) is 2. The van der Waals surface area contributed by atoms with Crippen LogP contribution in [-0.4, -0.2) is 28.0 Å². The van der Waals surface area contributed by atoms with E-state index in [0.29, 0.717) is 6.54 Å². The molecule has 1 aromatic rings. The fourth-order valence-corrected chi connectivity index (χ4v) is 1.60. The maximum atomic E-state index is 9.21. The lowest BCUT2D eigenvalue weighted by atomic mass is 9.93. The van der Waals surface area contributed by atoms with Gasteiger partial charge >= 0.3 is 0 Å². The van der Waals surface area contributed by atoms with Crippen molar-refractivity contribution in [2.24, 2.45) is 5.41 Å². The third-order valence-corrected chi connectivity index (χ3v) is 2.84. The van der Waals surface area contributed by atoms with Crippen LogP contribution in [0.1, 0.15) is 26.7 Å². The fourth-order valence-electron chi connectivity index (χ4n) is 1.60. The fraction of sp³-hybridized carbons (Fsp3) is 0.750. The molecule has 0 fully saturated rings. The Balaban J connectivity index is 2.57. The van der Waals surface area contributed by atoms with Gasteiger partial charge in [-0.2, -0.15) is 0 Å². The SMILES string of the molecule is CCCCn1cc[n+](CC(C)(CO)CO)c1. The minimum atomic E-state index is -0.443. The molecule has 4 nitrogen and oxygen atoms in total. The first kappa shape index (κ1) is 13.2. The summed E-state index contributed by atoms with van der Waals surface area (Å²) in [6.45, 7) is 5.71.